The van der Waals surface area contributed by atoms with Crippen molar-refractivity contribution in [3.8, 4) is 23.0 Å². The molecule has 1 atom stereocenters. The standard InChI is InChI=1S/C36H31FN2O6/c1-36(2)17-26-32(29(41)18-36)34(24-13-12-23(16-25(24)37)43-19-21-7-4-3-5-8-21)39(27-9-6-10-28(40)33(27)38-26)35(42)22-11-14-30-31(15-22)45-20-44-30/h3-16,34,38,40H,17-20H2,1-2H3. The number of allylic oxidation sites excluding steroid dienone is 1. The van der Waals surface area contributed by atoms with Gasteiger partial charge in [0.1, 0.15) is 29.6 Å². The minimum Gasteiger partial charge on any atom is -0.506 e. The van der Waals surface area contributed by atoms with Crippen LogP contribution in [0.4, 0.5) is 15.8 Å². The van der Waals surface area contributed by atoms with Crippen molar-refractivity contribution >= 4 is 23.1 Å². The molecule has 45 heavy (non-hydrogen) atoms. The molecule has 0 aromatic heterocycles. The number of ketones is 1. The number of phenolic OH excluding ortho intramolecular Hbond substituents is 1. The van der Waals surface area contributed by atoms with Gasteiger partial charge in [-0.3, -0.25) is 14.5 Å². The van der Waals surface area contributed by atoms with Crippen LogP contribution >= 0.6 is 0 Å². The zero-order valence-electron chi connectivity index (χ0n) is 24.8. The van der Waals surface area contributed by atoms with Crippen molar-refractivity contribution in [3.63, 3.8) is 0 Å². The van der Waals surface area contributed by atoms with Crippen LogP contribution in [-0.2, 0) is 11.4 Å². The molecule has 2 aliphatic heterocycles. The van der Waals surface area contributed by atoms with Crippen molar-refractivity contribution in [3.05, 3.63) is 119 Å². The fourth-order valence-corrected chi connectivity index (χ4v) is 6.29. The van der Waals surface area contributed by atoms with Gasteiger partial charge < -0.3 is 24.6 Å². The van der Waals surface area contributed by atoms with Crippen LogP contribution in [0.2, 0.25) is 0 Å². The van der Waals surface area contributed by atoms with E-state index in [-0.39, 0.29) is 53.7 Å². The Kier molecular flexibility index (Phi) is 6.96. The minimum atomic E-state index is -1.15. The summed E-state index contributed by atoms with van der Waals surface area (Å²) in [5.41, 5.74) is 2.26. The van der Waals surface area contributed by atoms with Crippen LogP contribution in [0.3, 0.4) is 0 Å². The maximum Gasteiger partial charge on any atom is 0.259 e. The van der Waals surface area contributed by atoms with Crippen molar-refractivity contribution in [2.45, 2.75) is 39.3 Å². The number of hydrogen-bond donors (Lipinski definition) is 2. The number of para-hydroxylation sites is 1. The molecule has 228 valence electrons. The van der Waals surface area contributed by atoms with Gasteiger partial charge in [0.25, 0.3) is 5.91 Å². The van der Waals surface area contributed by atoms with Crippen molar-refractivity contribution in [1.29, 1.82) is 0 Å². The van der Waals surface area contributed by atoms with Crippen molar-refractivity contribution in [2.24, 2.45) is 5.41 Å². The predicted molar refractivity (Wildman–Crippen MR) is 166 cm³/mol. The molecule has 0 saturated heterocycles. The molecule has 8 nitrogen and oxygen atoms in total. The van der Waals surface area contributed by atoms with Gasteiger partial charge >= 0.3 is 0 Å². The highest BCUT2D eigenvalue weighted by Crippen LogP contribution is 2.51. The molecule has 1 amide bonds. The summed E-state index contributed by atoms with van der Waals surface area (Å²) in [6, 6.07) is 22.5. The van der Waals surface area contributed by atoms with Gasteiger partial charge in [-0.2, -0.15) is 0 Å². The minimum absolute atomic E-state index is 0.0321. The number of nitrogens with zero attached hydrogens (tertiary/aromatic N) is 1. The first-order valence-corrected chi connectivity index (χ1v) is 14.7. The molecular formula is C36H31FN2O6. The quantitative estimate of drug-likeness (QED) is 0.230. The third-order valence-corrected chi connectivity index (χ3v) is 8.36. The first-order chi connectivity index (χ1) is 21.7. The normalized spacial score (nSPS) is 18.1. The molecule has 0 saturated carbocycles. The van der Waals surface area contributed by atoms with E-state index in [0.717, 1.165) is 5.56 Å². The molecule has 0 spiro atoms. The summed E-state index contributed by atoms with van der Waals surface area (Å²) in [5, 5.41) is 14.3. The van der Waals surface area contributed by atoms with Crippen LogP contribution in [0.1, 0.15) is 54.2 Å². The Bertz CT molecular complexity index is 1870. The van der Waals surface area contributed by atoms with E-state index in [9.17, 15) is 14.7 Å². The van der Waals surface area contributed by atoms with E-state index in [0.29, 0.717) is 35.1 Å². The second-order valence-corrected chi connectivity index (χ2v) is 12.2. The average Bonchev–Trinajstić information content (AvgIpc) is 3.43. The zero-order valence-corrected chi connectivity index (χ0v) is 24.8. The van der Waals surface area contributed by atoms with Crippen molar-refractivity contribution in [1.82, 2.24) is 0 Å². The van der Waals surface area contributed by atoms with Gasteiger partial charge in [-0.1, -0.05) is 50.2 Å². The summed E-state index contributed by atoms with van der Waals surface area (Å²) in [5.74, 6) is -0.246. The van der Waals surface area contributed by atoms with Crippen LogP contribution in [0.15, 0.2) is 96.2 Å². The van der Waals surface area contributed by atoms with Crippen LogP contribution in [0, 0.1) is 11.2 Å². The number of carbonyl (C=O) groups is 2. The summed E-state index contributed by atoms with van der Waals surface area (Å²) < 4.78 is 33.2. The molecule has 0 fully saturated rings. The number of halogens is 1. The molecule has 4 aromatic carbocycles. The lowest BCUT2D eigenvalue weighted by Crippen LogP contribution is -2.40. The Hall–Kier alpha value is -5.31. The van der Waals surface area contributed by atoms with E-state index in [4.69, 9.17) is 14.2 Å². The smallest absolute Gasteiger partial charge is 0.259 e. The summed E-state index contributed by atoms with van der Waals surface area (Å²) in [6.07, 6.45) is 0.655. The fraction of sp³-hybridized carbons (Fsp3) is 0.222. The Morgan fingerprint density at radius 3 is 2.60 bits per heavy atom. The largest absolute Gasteiger partial charge is 0.506 e. The number of amides is 1. The highest BCUT2D eigenvalue weighted by Gasteiger charge is 2.45. The molecule has 1 unspecified atom stereocenters. The van der Waals surface area contributed by atoms with E-state index in [1.165, 1.54) is 17.0 Å². The number of fused-ring (bicyclic) bond motifs is 2. The maximum atomic E-state index is 16.3. The lowest BCUT2D eigenvalue weighted by atomic mass is 9.73. The number of Topliss-reactive ketones (excluding diaryl/α,β-unsaturated/α-hetero) is 1. The molecule has 0 bridgehead atoms. The van der Waals surface area contributed by atoms with Gasteiger partial charge in [-0.15, -0.1) is 0 Å². The summed E-state index contributed by atoms with van der Waals surface area (Å²) >= 11 is 0. The topological polar surface area (TPSA) is 97.3 Å². The molecule has 7 rings (SSSR count). The Balaban J connectivity index is 1.39. The lowest BCUT2D eigenvalue weighted by Gasteiger charge is -2.37. The third-order valence-electron chi connectivity index (χ3n) is 8.36. The van der Waals surface area contributed by atoms with Crippen molar-refractivity contribution in [2.75, 3.05) is 17.0 Å². The lowest BCUT2D eigenvalue weighted by molar-refractivity contribution is -0.118. The molecule has 2 heterocycles. The van der Waals surface area contributed by atoms with E-state index in [2.05, 4.69) is 5.32 Å². The van der Waals surface area contributed by atoms with E-state index < -0.39 is 23.2 Å². The monoisotopic (exact) mass is 606 g/mol. The number of benzene rings is 4. The highest BCUT2D eigenvalue weighted by molar-refractivity contribution is 6.12. The van der Waals surface area contributed by atoms with Gasteiger partial charge in [-0.25, -0.2) is 4.39 Å². The predicted octanol–water partition coefficient (Wildman–Crippen LogP) is 7.30. The van der Waals surface area contributed by atoms with Gasteiger partial charge in [-0.05, 0) is 59.9 Å². The first-order valence-electron chi connectivity index (χ1n) is 14.7. The van der Waals surface area contributed by atoms with Crippen LogP contribution in [-0.4, -0.2) is 23.6 Å². The molecule has 0 radical (unpaired) electrons. The SMILES string of the molecule is CC1(C)CC(=O)C2=C(C1)Nc1c(O)cccc1N(C(=O)c1ccc3c(c1)OCO3)C2c1ccc(OCc2ccccc2)cc1F. The zero-order chi connectivity index (χ0) is 31.3. The van der Waals surface area contributed by atoms with Crippen LogP contribution in [0.25, 0.3) is 0 Å². The second kappa shape index (κ2) is 11.0. The first kappa shape index (κ1) is 28.5. The number of hydrogen-bond acceptors (Lipinski definition) is 7. The summed E-state index contributed by atoms with van der Waals surface area (Å²) in [4.78, 5) is 30.0. The maximum absolute atomic E-state index is 16.3. The van der Waals surface area contributed by atoms with Crippen LogP contribution in [0.5, 0.6) is 23.0 Å². The molecule has 3 aliphatic rings. The Morgan fingerprint density at radius 2 is 1.80 bits per heavy atom. The molecule has 2 N–H and O–H groups in total. The van der Waals surface area contributed by atoms with E-state index in [1.807, 2.05) is 44.2 Å². The van der Waals surface area contributed by atoms with Gasteiger partial charge in [0.2, 0.25) is 6.79 Å². The number of carbonyl (C=O) groups excluding carboxylic acids is 2. The van der Waals surface area contributed by atoms with Gasteiger partial charge in [0.05, 0.1) is 11.7 Å². The number of rotatable bonds is 5. The van der Waals surface area contributed by atoms with E-state index in [1.54, 1.807) is 42.5 Å². The average molecular weight is 607 g/mol. The molecular weight excluding hydrogens is 575 g/mol. The number of nitrogens with one attached hydrogen (secondary N) is 1. The highest BCUT2D eigenvalue weighted by atomic mass is 19.1. The second-order valence-electron chi connectivity index (χ2n) is 12.2. The fourth-order valence-electron chi connectivity index (χ4n) is 6.29. The summed E-state index contributed by atoms with van der Waals surface area (Å²) in [7, 11) is 0. The number of aromatic hydroxyl groups is 1. The molecule has 1 aliphatic carbocycles. The summed E-state index contributed by atoms with van der Waals surface area (Å²) in [6.45, 7) is 4.25. The van der Waals surface area contributed by atoms with Crippen LogP contribution < -0.4 is 24.4 Å². The third kappa shape index (κ3) is 5.24. The van der Waals surface area contributed by atoms with E-state index >= 15 is 4.39 Å². The number of phenols is 1. The van der Waals surface area contributed by atoms with Crippen molar-refractivity contribution < 1.29 is 33.3 Å². The van der Waals surface area contributed by atoms with Gasteiger partial charge in [0.15, 0.2) is 17.3 Å². The number of ether oxygens (including phenoxy) is 3. The number of anilines is 2. The molecule has 9 heteroatoms. The Labute approximate surface area is 259 Å². The molecule has 4 aromatic rings. The van der Waals surface area contributed by atoms with Gasteiger partial charge in [0, 0.05) is 34.9 Å². The Morgan fingerprint density at radius 1 is 1.00 bits per heavy atom.